The fourth-order valence-electron chi connectivity index (χ4n) is 0.545. The van der Waals surface area contributed by atoms with Gasteiger partial charge < -0.3 is 5.73 Å². The second kappa shape index (κ2) is 6.19. The van der Waals surface area contributed by atoms with Gasteiger partial charge in [-0.05, 0) is 0 Å². The lowest BCUT2D eigenvalue weighted by Gasteiger charge is -2.16. The van der Waals surface area contributed by atoms with Crippen molar-refractivity contribution in [3.8, 4) is 0 Å². The molecule has 0 aromatic carbocycles. The lowest BCUT2D eigenvalue weighted by atomic mass is 10.5. The van der Waals surface area contributed by atoms with Crippen LogP contribution < -0.4 is 16.5 Å². The first-order chi connectivity index (χ1) is 6.51. The molecule has 0 spiro atoms. The zero-order valence-corrected chi connectivity index (χ0v) is 9.46. The second-order valence-corrected chi connectivity index (χ2v) is 2.91. The highest BCUT2D eigenvalue weighted by Crippen LogP contribution is 1.96. The average molecular weight is 266 g/mol. The summed E-state index contributed by atoms with van der Waals surface area (Å²) < 4.78 is 1.03. The van der Waals surface area contributed by atoms with Gasteiger partial charge in [0.2, 0.25) is 5.96 Å². The van der Waals surface area contributed by atoms with E-state index in [4.69, 9.17) is 5.73 Å². The minimum Gasteiger partial charge on any atom is -0.351 e. The van der Waals surface area contributed by atoms with Crippen molar-refractivity contribution < 1.29 is 9.59 Å². The zero-order chi connectivity index (χ0) is 11.1. The number of rotatable bonds is 1. The van der Waals surface area contributed by atoms with Crippen LogP contribution >= 0.6 is 16.1 Å². The molecule has 8 heteroatoms. The van der Waals surface area contributed by atoms with Crippen molar-refractivity contribution in [1.82, 2.24) is 14.8 Å². The highest BCUT2D eigenvalue weighted by Gasteiger charge is 2.10. The predicted molar refractivity (Wildman–Crippen MR) is 55.3 cm³/mol. The topological polar surface area (TPSA) is 99.8 Å². The summed E-state index contributed by atoms with van der Waals surface area (Å²) in [6.45, 7) is 1.70. The number of aliphatic imine (C=N–C) groups is 1. The van der Waals surface area contributed by atoms with Gasteiger partial charge in [-0.1, -0.05) is 6.92 Å². The number of nitrogens with zero attached hydrogens (tertiary/aromatic N) is 2. The molecule has 0 saturated heterocycles. The van der Waals surface area contributed by atoms with Crippen LogP contribution in [0, 0.1) is 0 Å². The summed E-state index contributed by atoms with van der Waals surface area (Å²) in [5, 5.41) is 2.19. The van der Waals surface area contributed by atoms with E-state index in [9.17, 15) is 9.59 Å². The van der Waals surface area contributed by atoms with E-state index < -0.39 is 6.03 Å². The number of nitrogens with one attached hydrogen (secondary N) is 2. The van der Waals surface area contributed by atoms with E-state index in [0.29, 0.717) is 6.42 Å². The average Bonchev–Trinajstić information content (AvgIpc) is 2.14. The van der Waals surface area contributed by atoms with Crippen LogP contribution in [-0.4, -0.2) is 29.0 Å². The number of urea groups is 1. The van der Waals surface area contributed by atoms with Gasteiger partial charge in [0.15, 0.2) is 0 Å². The van der Waals surface area contributed by atoms with E-state index in [1.807, 2.05) is 0 Å². The molecular weight excluding hydrogens is 254 g/mol. The molecule has 0 bridgehead atoms. The fraction of sp³-hybridized carbons (Fsp3) is 0.500. The Morgan fingerprint density at radius 2 is 2.14 bits per heavy atom. The maximum absolute atomic E-state index is 11.1. The minimum atomic E-state index is -0.761. The third-order valence-corrected chi connectivity index (χ3v) is 1.76. The number of carbonyl (C=O) groups is 2. The van der Waals surface area contributed by atoms with Gasteiger partial charge in [-0.3, -0.25) is 20.5 Å². The highest BCUT2D eigenvalue weighted by molar-refractivity contribution is 9.07. The van der Waals surface area contributed by atoms with Crippen LogP contribution in [-0.2, 0) is 4.79 Å². The Bertz CT molecular complexity index is 255. The maximum Gasteiger partial charge on any atom is 0.318 e. The van der Waals surface area contributed by atoms with Crippen molar-refractivity contribution >= 4 is 34.0 Å². The summed E-state index contributed by atoms with van der Waals surface area (Å²) in [5.74, 6) is -0.131. The molecule has 0 fully saturated rings. The van der Waals surface area contributed by atoms with E-state index in [-0.39, 0.29) is 11.9 Å². The number of hydrogen-bond donors (Lipinski definition) is 3. The molecule has 0 aliphatic carbocycles. The first-order valence-electron chi connectivity index (χ1n) is 3.79. The van der Waals surface area contributed by atoms with Gasteiger partial charge in [-0.15, -0.1) is 0 Å². The van der Waals surface area contributed by atoms with Gasteiger partial charge in [0.25, 0.3) is 5.91 Å². The van der Waals surface area contributed by atoms with Crippen LogP contribution in [0.5, 0.6) is 0 Å². The first-order valence-corrected chi connectivity index (χ1v) is 4.50. The van der Waals surface area contributed by atoms with Crippen molar-refractivity contribution in [3.05, 3.63) is 0 Å². The molecule has 3 amide bonds. The Kier molecular flexibility index (Phi) is 5.61. The lowest BCUT2D eigenvalue weighted by Crippen LogP contribution is -2.49. The van der Waals surface area contributed by atoms with Gasteiger partial charge >= 0.3 is 6.03 Å². The molecule has 0 aliphatic rings. The third kappa shape index (κ3) is 4.65. The van der Waals surface area contributed by atoms with Crippen molar-refractivity contribution in [2.24, 2.45) is 10.7 Å². The Morgan fingerprint density at radius 3 is 2.50 bits per heavy atom. The second-order valence-electron chi connectivity index (χ2n) is 2.20. The fourth-order valence-corrected chi connectivity index (χ4v) is 0.963. The molecule has 7 nitrogen and oxygen atoms in total. The predicted octanol–water partition coefficient (Wildman–Crippen LogP) is -0.306. The van der Waals surface area contributed by atoms with Crippen LogP contribution in [0.15, 0.2) is 4.99 Å². The lowest BCUT2D eigenvalue weighted by molar-refractivity contribution is -0.126. The van der Waals surface area contributed by atoms with Crippen LogP contribution in [0.1, 0.15) is 13.3 Å². The molecule has 4 N–H and O–H groups in total. The van der Waals surface area contributed by atoms with Gasteiger partial charge in [0.1, 0.15) is 0 Å². The van der Waals surface area contributed by atoms with Crippen molar-refractivity contribution in [1.29, 1.82) is 0 Å². The summed E-state index contributed by atoms with van der Waals surface area (Å²) in [6, 6.07) is -0.761. The Hall–Kier alpha value is -1.31. The van der Waals surface area contributed by atoms with Crippen molar-refractivity contribution in [2.75, 3.05) is 7.05 Å². The number of guanidine groups is 1. The number of carbonyl (C=O) groups excluding carboxylic acids is 2. The molecule has 0 rings (SSSR count). The molecular formula is C6H12BrN5O2. The molecule has 0 saturated carbocycles. The molecule has 80 valence electrons. The Balaban J connectivity index is 4.19. The Labute approximate surface area is 90.0 Å². The molecule has 0 heterocycles. The maximum atomic E-state index is 11.1. The Morgan fingerprint density at radius 1 is 1.57 bits per heavy atom. The summed E-state index contributed by atoms with van der Waals surface area (Å²) in [4.78, 5) is 25.2. The van der Waals surface area contributed by atoms with Gasteiger partial charge in [-0.25, -0.2) is 4.79 Å². The number of primary amides is 1. The third-order valence-electron chi connectivity index (χ3n) is 1.19. The van der Waals surface area contributed by atoms with E-state index in [1.54, 1.807) is 6.92 Å². The summed E-state index contributed by atoms with van der Waals surface area (Å²) in [7, 11) is 1.44. The first kappa shape index (κ1) is 12.7. The number of hydrazine groups is 1. The molecule has 0 atom stereocenters. The van der Waals surface area contributed by atoms with Crippen LogP contribution in [0.25, 0.3) is 0 Å². The molecule has 0 radical (unpaired) electrons. The number of nitrogens with two attached hydrogens (primary N) is 1. The standard InChI is InChI=1S/C6H12BrN5O2/c1-3-4(13)12(7)11-6(9-2)10-5(8)14/h3H2,1-2H3,(H4,8,9,10,11,14). The van der Waals surface area contributed by atoms with Crippen LogP contribution in [0.2, 0.25) is 0 Å². The SMILES string of the molecule is CCC(=O)N(Br)NC(=NC)NC(N)=O. The largest absolute Gasteiger partial charge is 0.351 e. The van der Waals surface area contributed by atoms with Crippen LogP contribution in [0.3, 0.4) is 0 Å². The van der Waals surface area contributed by atoms with Gasteiger partial charge in [0, 0.05) is 13.5 Å². The van der Waals surface area contributed by atoms with E-state index in [1.165, 1.54) is 7.05 Å². The van der Waals surface area contributed by atoms with Gasteiger partial charge in [-0.2, -0.15) is 4.03 Å². The van der Waals surface area contributed by atoms with Crippen LogP contribution in [0.4, 0.5) is 4.79 Å². The summed E-state index contributed by atoms with van der Waals surface area (Å²) >= 11 is 2.93. The molecule has 14 heavy (non-hydrogen) atoms. The van der Waals surface area contributed by atoms with Crippen molar-refractivity contribution in [3.63, 3.8) is 0 Å². The summed E-state index contributed by atoms with van der Waals surface area (Å²) in [6.07, 6.45) is 0.311. The number of halogens is 1. The summed E-state index contributed by atoms with van der Waals surface area (Å²) in [5.41, 5.74) is 7.35. The quantitative estimate of drug-likeness (QED) is 0.263. The van der Waals surface area contributed by atoms with Crippen molar-refractivity contribution in [2.45, 2.75) is 13.3 Å². The highest BCUT2D eigenvalue weighted by atomic mass is 79.9. The molecule has 0 aromatic heterocycles. The van der Waals surface area contributed by atoms with E-state index >= 15 is 0 Å². The van der Waals surface area contributed by atoms with E-state index in [0.717, 1.165) is 4.03 Å². The number of hydrogen-bond acceptors (Lipinski definition) is 3. The smallest absolute Gasteiger partial charge is 0.318 e. The minimum absolute atomic E-state index is 0.0798. The molecule has 0 aromatic rings. The van der Waals surface area contributed by atoms with E-state index in [2.05, 4.69) is 31.9 Å². The van der Waals surface area contributed by atoms with Gasteiger partial charge in [0.05, 0.1) is 16.1 Å². The molecule has 0 aliphatic heterocycles. The normalized spacial score (nSPS) is 10.6. The zero-order valence-electron chi connectivity index (χ0n) is 7.87. The monoisotopic (exact) mass is 265 g/mol. The number of amides is 3. The molecule has 0 unspecified atom stereocenters.